The predicted molar refractivity (Wildman–Crippen MR) is 115 cm³/mol. The second kappa shape index (κ2) is 8.27. The molecule has 2 N–H and O–H groups in total. The smallest absolute Gasteiger partial charge is 0.251 e. The van der Waals surface area contributed by atoms with Crippen LogP contribution >= 0.6 is 11.3 Å². The van der Waals surface area contributed by atoms with Crippen LogP contribution in [0.2, 0.25) is 0 Å². The van der Waals surface area contributed by atoms with Gasteiger partial charge in [-0.2, -0.15) is 0 Å². The zero-order chi connectivity index (χ0) is 19.5. The van der Waals surface area contributed by atoms with Crippen molar-refractivity contribution in [1.82, 2.24) is 15.3 Å². The van der Waals surface area contributed by atoms with Crippen molar-refractivity contribution in [2.75, 3.05) is 5.32 Å². The van der Waals surface area contributed by atoms with Crippen molar-refractivity contribution < 1.29 is 4.79 Å². The molecule has 0 bridgehead atoms. The number of anilines is 1. The van der Waals surface area contributed by atoms with Crippen molar-refractivity contribution in [3.8, 4) is 0 Å². The van der Waals surface area contributed by atoms with Gasteiger partial charge in [-0.05, 0) is 49.9 Å². The number of carbonyl (C=O) groups excluding carboxylic acids is 1. The number of aryl methyl sites for hydroxylation is 2. The highest BCUT2D eigenvalue weighted by Gasteiger charge is 2.17. The lowest BCUT2D eigenvalue weighted by molar-refractivity contribution is 0.0938. The topological polar surface area (TPSA) is 66.9 Å². The first kappa shape index (κ1) is 18.9. The summed E-state index contributed by atoms with van der Waals surface area (Å²) in [6, 6.07) is 10.3. The van der Waals surface area contributed by atoms with Crippen molar-refractivity contribution in [1.29, 1.82) is 0 Å². The van der Waals surface area contributed by atoms with E-state index in [-0.39, 0.29) is 5.91 Å². The fraction of sp³-hybridized carbons (Fsp3) is 0.409. The van der Waals surface area contributed by atoms with Crippen LogP contribution in [0.4, 0.5) is 5.82 Å². The average Bonchev–Trinajstić information content (AvgIpc) is 3.35. The van der Waals surface area contributed by atoms with Crippen molar-refractivity contribution in [3.05, 3.63) is 52.2 Å². The van der Waals surface area contributed by atoms with Gasteiger partial charge in [-0.15, -0.1) is 11.3 Å². The Kier molecular flexibility index (Phi) is 5.57. The van der Waals surface area contributed by atoms with Crippen LogP contribution in [0, 0.1) is 6.92 Å². The Balaban J connectivity index is 1.43. The molecule has 1 aromatic carbocycles. The Morgan fingerprint density at radius 2 is 1.93 bits per heavy atom. The SMILES string of the molecule is CCc1cc2c(NCc3ccc(C(=O)NC4CCCC4)cc3)nc(C)nc2s1. The lowest BCUT2D eigenvalue weighted by Crippen LogP contribution is -2.32. The summed E-state index contributed by atoms with van der Waals surface area (Å²) < 4.78 is 0. The van der Waals surface area contributed by atoms with Crippen LogP contribution in [-0.4, -0.2) is 21.9 Å². The number of hydrogen-bond acceptors (Lipinski definition) is 5. The summed E-state index contributed by atoms with van der Waals surface area (Å²) >= 11 is 1.73. The molecule has 1 amide bonds. The monoisotopic (exact) mass is 394 g/mol. The molecule has 1 aliphatic carbocycles. The van der Waals surface area contributed by atoms with Gasteiger partial charge in [0.05, 0.1) is 5.39 Å². The quantitative estimate of drug-likeness (QED) is 0.627. The van der Waals surface area contributed by atoms with E-state index in [0.29, 0.717) is 12.6 Å². The zero-order valence-electron chi connectivity index (χ0n) is 16.4. The molecule has 2 heterocycles. The fourth-order valence-corrected chi connectivity index (χ4v) is 4.70. The minimum Gasteiger partial charge on any atom is -0.365 e. The van der Waals surface area contributed by atoms with Crippen molar-refractivity contribution in [2.45, 2.75) is 58.5 Å². The molecule has 0 aliphatic heterocycles. The molecule has 0 saturated heterocycles. The number of thiophene rings is 1. The van der Waals surface area contributed by atoms with E-state index in [2.05, 4.69) is 33.6 Å². The van der Waals surface area contributed by atoms with E-state index < -0.39 is 0 Å². The van der Waals surface area contributed by atoms with Gasteiger partial charge in [-0.25, -0.2) is 9.97 Å². The summed E-state index contributed by atoms with van der Waals surface area (Å²) in [4.78, 5) is 23.9. The fourth-order valence-electron chi connectivity index (χ4n) is 3.69. The average molecular weight is 395 g/mol. The third-order valence-electron chi connectivity index (χ3n) is 5.27. The maximum Gasteiger partial charge on any atom is 0.251 e. The Hall–Kier alpha value is -2.47. The molecular weight excluding hydrogens is 368 g/mol. The summed E-state index contributed by atoms with van der Waals surface area (Å²) in [6.45, 7) is 4.74. The van der Waals surface area contributed by atoms with Crippen molar-refractivity contribution in [2.24, 2.45) is 0 Å². The Morgan fingerprint density at radius 3 is 2.64 bits per heavy atom. The van der Waals surface area contributed by atoms with Crippen LogP contribution in [-0.2, 0) is 13.0 Å². The molecule has 0 radical (unpaired) electrons. The lowest BCUT2D eigenvalue weighted by atomic mass is 10.1. The van der Waals surface area contributed by atoms with E-state index in [1.165, 1.54) is 17.7 Å². The van der Waals surface area contributed by atoms with Crippen LogP contribution in [0.5, 0.6) is 0 Å². The number of amides is 1. The van der Waals surface area contributed by atoms with Crippen LogP contribution in [0.1, 0.15) is 59.2 Å². The highest BCUT2D eigenvalue weighted by atomic mass is 32.1. The molecule has 1 aliphatic rings. The highest BCUT2D eigenvalue weighted by molar-refractivity contribution is 7.18. The number of nitrogens with one attached hydrogen (secondary N) is 2. The number of fused-ring (bicyclic) bond motifs is 1. The molecule has 1 saturated carbocycles. The van der Waals surface area contributed by atoms with Crippen LogP contribution in [0.3, 0.4) is 0 Å². The number of hydrogen-bond donors (Lipinski definition) is 2. The first-order chi connectivity index (χ1) is 13.6. The maximum atomic E-state index is 12.4. The number of benzene rings is 1. The number of nitrogens with zero attached hydrogens (tertiary/aromatic N) is 2. The summed E-state index contributed by atoms with van der Waals surface area (Å²) in [5.41, 5.74) is 1.84. The maximum absolute atomic E-state index is 12.4. The summed E-state index contributed by atoms with van der Waals surface area (Å²) in [5, 5.41) is 7.66. The molecule has 0 spiro atoms. The predicted octanol–water partition coefficient (Wildman–Crippen LogP) is 4.85. The van der Waals surface area contributed by atoms with Crippen LogP contribution in [0.15, 0.2) is 30.3 Å². The van der Waals surface area contributed by atoms with Crippen LogP contribution in [0.25, 0.3) is 10.2 Å². The van der Waals surface area contributed by atoms with Gasteiger partial charge in [0, 0.05) is 23.0 Å². The molecule has 0 unspecified atom stereocenters. The Morgan fingerprint density at radius 1 is 1.18 bits per heavy atom. The van der Waals surface area contributed by atoms with Crippen LogP contribution < -0.4 is 10.6 Å². The van der Waals surface area contributed by atoms with E-state index in [9.17, 15) is 4.79 Å². The Bertz CT molecular complexity index is 974. The molecule has 3 aromatic rings. The zero-order valence-corrected chi connectivity index (χ0v) is 17.2. The second-order valence-electron chi connectivity index (χ2n) is 7.41. The molecule has 4 rings (SSSR count). The number of aromatic nitrogens is 2. The number of rotatable bonds is 6. The standard InChI is InChI=1S/C22H26N4OS/c1-3-18-12-19-20(24-14(2)25-22(19)28-18)23-13-15-8-10-16(11-9-15)21(27)26-17-6-4-5-7-17/h8-12,17H,3-7,13H2,1-2H3,(H,26,27)(H,23,24,25). The lowest BCUT2D eigenvalue weighted by Gasteiger charge is -2.12. The van der Waals surface area contributed by atoms with Gasteiger partial charge < -0.3 is 10.6 Å². The van der Waals surface area contributed by atoms with E-state index in [1.54, 1.807) is 11.3 Å². The molecule has 1 fully saturated rings. The van der Waals surface area contributed by atoms with E-state index >= 15 is 0 Å². The van der Waals surface area contributed by atoms with Gasteiger partial charge in [0.2, 0.25) is 0 Å². The van der Waals surface area contributed by atoms with Gasteiger partial charge in [0.15, 0.2) is 0 Å². The highest BCUT2D eigenvalue weighted by Crippen LogP contribution is 2.29. The second-order valence-corrected chi connectivity index (χ2v) is 8.53. The summed E-state index contributed by atoms with van der Waals surface area (Å²) in [7, 11) is 0. The summed E-state index contributed by atoms with van der Waals surface area (Å²) in [5.74, 6) is 1.69. The van der Waals surface area contributed by atoms with Gasteiger partial charge in [0.1, 0.15) is 16.5 Å². The largest absolute Gasteiger partial charge is 0.365 e. The normalized spacial score (nSPS) is 14.5. The third kappa shape index (κ3) is 4.17. The minimum atomic E-state index is 0.0323. The van der Waals surface area contributed by atoms with Gasteiger partial charge >= 0.3 is 0 Å². The molecule has 2 aromatic heterocycles. The third-order valence-corrected chi connectivity index (χ3v) is 6.44. The Labute approximate surface area is 169 Å². The van der Waals surface area contributed by atoms with E-state index in [4.69, 9.17) is 0 Å². The van der Waals surface area contributed by atoms with E-state index in [0.717, 1.165) is 52.2 Å². The molecule has 5 nitrogen and oxygen atoms in total. The molecule has 146 valence electrons. The molecule has 6 heteroatoms. The first-order valence-corrected chi connectivity index (χ1v) is 10.8. The molecule has 28 heavy (non-hydrogen) atoms. The minimum absolute atomic E-state index is 0.0323. The summed E-state index contributed by atoms with van der Waals surface area (Å²) in [6.07, 6.45) is 5.64. The molecular formula is C22H26N4OS. The van der Waals surface area contributed by atoms with Crippen molar-refractivity contribution in [3.63, 3.8) is 0 Å². The van der Waals surface area contributed by atoms with Crippen molar-refractivity contribution >= 4 is 33.3 Å². The first-order valence-electron chi connectivity index (χ1n) is 10.0. The molecule has 0 atom stereocenters. The van der Waals surface area contributed by atoms with Gasteiger partial charge in [-0.3, -0.25) is 4.79 Å². The van der Waals surface area contributed by atoms with Gasteiger partial charge in [0.25, 0.3) is 5.91 Å². The van der Waals surface area contributed by atoms with E-state index in [1.807, 2.05) is 31.2 Å². The van der Waals surface area contributed by atoms with Gasteiger partial charge in [-0.1, -0.05) is 31.9 Å². The number of carbonyl (C=O) groups is 1.